The summed E-state index contributed by atoms with van der Waals surface area (Å²) in [6.07, 6.45) is 2.47. The van der Waals surface area contributed by atoms with Crippen molar-refractivity contribution in [3.05, 3.63) is 83.0 Å². The summed E-state index contributed by atoms with van der Waals surface area (Å²) in [6.45, 7) is 0.520. The molecule has 1 aliphatic rings. The van der Waals surface area contributed by atoms with Crippen LogP contribution in [0, 0.1) is 0 Å². The molecule has 0 amide bonds. The Labute approximate surface area is 146 Å². The van der Waals surface area contributed by atoms with Crippen molar-refractivity contribution in [3.8, 4) is 0 Å². The van der Waals surface area contributed by atoms with Gasteiger partial charge in [0.1, 0.15) is 0 Å². The van der Waals surface area contributed by atoms with Crippen molar-refractivity contribution in [2.75, 3.05) is 6.61 Å². The molecule has 2 N–H and O–H groups in total. The molecule has 0 aliphatic heterocycles. The number of hydrogen-bond acceptors (Lipinski definition) is 5. The first kappa shape index (κ1) is 16.0. The maximum Gasteiger partial charge on any atom is 0.231 e. The van der Waals surface area contributed by atoms with E-state index in [-0.39, 0.29) is 6.61 Å². The molecule has 0 spiro atoms. The SMILES string of the molecule is OCC1(NCc2noc(Cc3ccccc3)n2)CCc2ccccc21. The van der Waals surface area contributed by atoms with Crippen LogP contribution >= 0.6 is 0 Å². The summed E-state index contributed by atoms with van der Waals surface area (Å²) in [5.74, 6) is 1.22. The maximum atomic E-state index is 10.0. The molecule has 5 nitrogen and oxygen atoms in total. The van der Waals surface area contributed by atoms with Gasteiger partial charge in [-0.1, -0.05) is 59.8 Å². The third kappa shape index (κ3) is 3.21. The Morgan fingerprint density at radius 1 is 1.08 bits per heavy atom. The van der Waals surface area contributed by atoms with E-state index < -0.39 is 5.54 Å². The first-order chi connectivity index (χ1) is 12.3. The molecule has 0 saturated heterocycles. The highest BCUT2D eigenvalue weighted by Crippen LogP contribution is 2.36. The Hall–Kier alpha value is -2.50. The number of benzene rings is 2. The molecular formula is C20H21N3O2. The highest BCUT2D eigenvalue weighted by molar-refractivity contribution is 5.38. The lowest BCUT2D eigenvalue weighted by atomic mass is 9.92. The second-order valence-corrected chi connectivity index (χ2v) is 6.52. The van der Waals surface area contributed by atoms with Crippen LogP contribution in [0.1, 0.15) is 34.8 Å². The number of aliphatic hydroxyl groups excluding tert-OH is 1. The van der Waals surface area contributed by atoms with Gasteiger partial charge >= 0.3 is 0 Å². The summed E-state index contributed by atoms with van der Waals surface area (Å²) in [6, 6.07) is 18.3. The summed E-state index contributed by atoms with van der Waals surface area (Å²) in [4.78, 5) is 4.47. The van der Waals surface area contributed by atoms with Crippen molar-refractivity contribution in [1.82, 2.24) is 15.5 Å². The standard InChI is InChI=1S/C20H21N3O2/c24-14-20(11-10-16-8-4-5-9-17(16)20)21-13-18-22-19(25-23-18)12-15-6-2-1-3-7-15/h1-9,21,24H,10-14H2. The van der Waals surface area contributed by atoms with Crippen molar-refractivity contribution in [2.24, 2.45) is 0 Å². The molecule has 0 radical (unpaired) electrons. The van der Waals surface area contributed by atoms with Crippen molar-refractivity contribution in [1.29, 1.82) is 0 Å². The Kier molecular flexibility index (Phi) is 4.34. The predicted octanol–water partition coefficient (Wildman–Crippen LogP) is 2.58. The Morgan fingerprint density at radius 3 is 2.72 bits per heavy atom. The second kappa shape index (κ2) is 6.78. The van der Waals surface area contributed by atoms with Crippen LogP contribution < -0.4 is 5.32 Å². The Morgan fingerprint density at radius 2 is 1.88 bits per heavy atom. The van der Waals surface area contributed by atoms with Crippen LogP contribution in [-0.2, 0) is 24.9 Å². The van der Waals surface area contributed by atoms with Gasteiger partial charge in [-0.2, -0.15) is 4.98 Å². The molecule has 0 saturated carbocycles. The number of aryl methyl sites for hydroxylation is 1. The molecule has 128 valence electrons. The molecule has 3 aromatic rings. The largest absolute Gasteiger partial charge is 0.394 e. The average molecular weight is 335 g/mol. The fourth-order valence-electron chi connectivity index (χ4n) is 3.54. The van der Waals surface area contributed by atoms with Gasteiger partial charge in [-0.15, -0.1) is 0 Å². The Balaban J connectivity index is 1.45. The minimum Gasteiger partial charge on any atom is -0.394 e. The fraction of sp³-hybridized carbons (Fsp3) is 0.300. The second-order valence-electron chi connectivity index (χ2n) is 6.52. The molecule has 2 aromatic carbocycles. The van der Waals surface area contributed by atoms with Gasteiger partial charge in [-0.25, -0.2) is 0 Å². The van der Waals surface area contributed by atoms with Crippen LogP contribution in [0.25, 0.3) is 0 Å². The number of rotatable bonds is 6. The van der Waals surface area contributed by atoms with Crippen LogP contribution in [0.15, 0.2) is 59.1 Å². The van der Waals surface area contributed by atoms with Gasteiger partial charge in [-0.05, 0) is 29.5 Å². The molecule has 4 rings (SSSR count). The molecular weight excluding hydrogens is 314 g/mol. The van der Waals surface area contributed by atoms with Crippen LogP contribution in [-0.4, -0.2) is 21.9 Å². The third-order valence-corrected chi connectivity index (χ3v) is 4.92. The van der Waals surface area contributed by atoms with Crippen molar-refractivity contribution in [2.45, 2.75) is 31.3 Å². The number of aliphatic hydroxyl groups is 1. The first-order valence-electron chi connectivity index (χ1n) is 8.59. The van der Waals surface area contributed by atoms with Crippen molar-refractivity contribution < 1.29 is 9.63 Å². The quantitative estimate of drug-likeness (QED) is 0.724. The van der Waals surface area contributed by atoms with E-state index in [4.69, 9.17) is 4.52 Å². The summed E-state index contributed by atoms with van der Waals surface area (Å²) in [5.41, 5.74) is 3.19. The number of hydrogen-bond donors (Lipinski definition) is 2. The van der Waals surface area contributed by atoms with E-state index in [9.17, 15) is 5.11 Å². The molecule has 1 aromatic heterocycles. The number of fused-ring (bicyclic) bond motifs is 1. The van der Waals surface area contributed by atoms with E-state index in [0.29, 0.717) is 24.7 Å². The van der Waals surface area contributed by atoms with E-state index in [2.05, 4.69) is 27.6 Å². The zero-order chi connectivity index (χ0) is 17.1. The van der Waals surface area contributed by atoms with E-state index in [1.807, 2.05) is 42.5 Å². The minimum absolute atomic E-state index is 0.0543. The van der Waals surface area contributed by atoms with Gasteiger partial charge in [0.2, 0.25) is 5.89 Å². The zero-order valence-electron chi connectivity index (χ0n) is 14.0. The van der Waals surface area contributed by atoms with Gasteiger partial charge in [0.25, 0.3) is 0 Å². The molecule has 1 heterocycles. The van der Waals surface area contributed by atoms with E-state index in [1.165, 1.54) is 11.1 Å². The van der Waals surface area contributed by atoms with Gasteiger partial charge in [0.05, 0.1) is 25.1 Å². The van der Waals surface area contributed by atoms with Gasteiger partial charge in [0.15, 0.2) is 5.82 Å². The summed E-state index contributed by atoms with van der Waals surface area (Å²) < 4.78 is 5.36. The topological polar surface area (TPSA) is 71.2 Å². The van der Waals surface area contributed by atoms with Crippen LogP contribution in [0.2, 0.25) is 0 Å². The summed E-state index contributed by atoms with van der Waals surface area (Å²) in [7, 11) is 0. The first-order valence-corrected chi connectivity index (χ1v) is 8.59. The molecule has 1 unspecified atom stereocenters. The summed E-state index contributed by atoms with van der Waals surface area (Å²) >= 11 is 0. The van der Waals surface area contributed by atoms with E-state index >= 15 is 0 Å². The zero-order valence-corrected chi connectivity index (χ0v) is 14.0. The molecule has 1 atom stereocenters. The predicted molar refractivity (Wildman–Crippen MR) is 93.9 cm³/mol. The highest BCUT2D eigenvalue weighted by atomic mass is 16.5. The van der Waals surface area contributed by atoms with Gasteiger partial charge in [0, 0.05) is 0 Å². The lowest BCUT2D eigenvalue weighted by molar-refractivity contribution is 0.157. The van der Waals surface area contributed by atoms with Gasteiger partial charge < -0.3 is 9.63 Å². The van der Waals surface area contributed by atoms with E-state index in [0.717, 1.165) is 18.4 Å². The van der Waals surface area contributed by atoms with Crippen molar-refractivity contribution in [3.63, 3.8) is 0 Å². The average Bonchev–Trinajstić information content (AvgIpc) is 3.26. The van der Waals surface area contributed by atoms with Crippen molar-refractivity contribution >= 4 is 0 Å². The number of nitrogens with one attached hydrogen (secondary N) is 1. The number of aromatic nitrogens is 2. The van der Waals surface area contributed by atoms with E-state index in [1.54, 1.807) is 0 Å². The van der Waals surface area contributed by atoms with Crippen LogP contribution in [0.5, 0.6) is 0 Å². The van der Waals surface area contributed by atoms with Crippen LogP contribution in [0.4, 0.5) is 0 Å². The maximum absolute atomic E-state index is 10.0. The molecule has 0 fully saturated rings. The third-order valence-electron chi connectivity index (χ3n) is 4.92. The lowest BCUT2D eigenvalue weighted by Gasteiger charge is -2.29. The monoisotopic (exact) mass is 335 g/mol. The smallest absolute Gasteiger partial charge is 0.231 e. The number of nitrogens with zero attached hydrogens (tertiary/aromatic N) is 2. The normalized spacial score (nSPS) is 19.1. The molecule has 25 heavy (non-hydrogen) atoms. The lowest BCUT2D eigenvalue weighted by Crippen LogP contribution is -2.43. The fourth-order valence-corrected chi connectivity index (χ4v) is 3.54. The Bertz CT molecular complexity index is 847. The molecule has 1 aliphatic carbocycles. The minimum atomic E-state index is -0.420. The summed E-state index contributed by atoms with van der Waals surface area (Å²) in [5, 5.41) is 17.5. The molecule has 5 heteroatoms. The highest BCUT2D eigenvalue weighted by Gasteiger charge is 2.37. The van der Waals surface area contributed by atoms with Gasteiger partial charge in [-0.3, -0.25) is 5.32 Å². The van der Waals surface area contributed by atoms with Crippen LogP contribution in [0.3, 0.4) is 0 Å². The molecule has 0 bridgehead atoms.